The van der Waals surface area contributed by atoms with E-state index >= 15 is 0 Å². The minimum atomic E-state index is 0. The molecule has 0 aromatic carbocycles. The van der Waals surface area contributed by atoms with Gasteiger partial charge in [0.2, 0.25) is 0 Å². The predicted molar refractivity (Wildman–Crippen MR) is 38.3 cm³/mol. The zero-order valence-corrected chi connectivity index (χ0v) is 6.18. The molecule has 0 radical (unpaired) electrons. The normalized spacial score (nSPS) is 26.3. The average Bonchev–Trinajstić information content (AvgIpc) is 2.12. The van der Waals surface area contributed by atoms with E-state index in [9.17, 15) is 0 Å². The molecule has 0 bridgehead atoms. The summed E-state index contributed by atoms with van der Waals surface area (Å²) in [4.78, 5) is 0. The Kier molecular flexibility index (Phi) is 3.78. The number of halogens is 1. The highest BCUT2D eigenvalue weighted by Crippen LogP contribution is 2.16. The first-order valence-corrected chi connectivity index (χ1v) is 3.51. The maximum absolute atomic E-state index is 3.35. The van der Waals surface area contributed by atoms with Crippen LogP contribution in [0.5, 0.6) is 0 Å². The number of hydrogen-bond acceptors (Lipinski definition) is 1. The van der Waals surface area contributed by atoms with Crippen LogP contribution in [-0.4, -0.2) is 13.1 Å². The molecular formula is C7H16FN. The van der Waals surface area contributed by atoms with Crippen LogP contribution in [0.2, 0.25) is 0 Å². The Balaban J connectivity index is 0.000000640. The first-order chi connectivity index (χ1) is 3.80. The number of hydrogen-bond donors (Lipinski definition) is 1. The highest BCUT2D eigenvalue weighted by atomic mass is 19.0. The standard InChI is InChI=1S/C7H15N.FH/c1-6(2)7-3-4-8-5-7;/h6-8H,3-5H2,1-2H3;1H/t7-;/m1./s1. The van der Waals surface area contributed by atoms with Crippen molar-refractivity contribution in [2.75, 3.05) is 13.1 Å². The molecule has 1 nitrogen and oxygen atoms in total. The van der Waals surface area contributed by atoms with Gasteiger partial charge in [-0.3, -0.25) is 4.70 Å². The molecule has 2 heteroatoms. The molecule has 1 heterocycles. The molecule has 56 valence electrons. The Morgan fingerprint density at radius 3 is 2.33 bits per heavy atom. The minimum Gasteiger partial charge on any atom is -0.316 e. The third-order valence-corrected chi connectivity index (χ3v) is 2.04. The number of rotatable bonds is 1. The van der Waals surface area contributed by atoms with Gasteiger partial charge in [-0.1, -0.05) is 13.8 Å². The summed E-state index contributed by atoms with van der Waals surface area (Å²) in [5.41, 5.74) is 0. The van der Waals surface area contributed by atoms with Crippen LogP contribution < -0.4 is 5.32 Å². The van der Waals surface area contributed by atoms with Gasteiger partial charge in [-0.25, -0.2) is 0 Å². The molecule has 0 aromatic heterocycles. The molecule has 0 spiro atoms. The Morgan fingerprint density at radius 1 is 1.44 bits per heavy atom. The van der Waals surface area contributed by atoms with Crippen LogP contribution in [0.15, 0.2) is 0 Å². The highest BCUT2D eigenvalue weighted by Gasteiger charge is 2.16. The summed E-state index contributed by atoms with van der Waals surface area (Å²) in [7, 11) is 0. The summed E-state index contributed by atoms with van der Waals surface area (Å²) < 4.78 is 0. The fourth-order valence-corrected chi connectivity index (χ4v) is 1.25. The summed E-state index contributed by atoms with van der Waals surface area (Å²) in [5, 5.41) is 3.35. The van der Waals surface area contributed by atoms with Crippen LogP contribution in [0.1, 0.15) is 20.3 Å². The van der Waals surface area contributed by atoms with E-state index < -0.39 is 0 Å². The van der Waals surface area contributed by atoms with E-state index in [-0.39, 0.29) is 4.70 Å². The summed E-state index contributed by atoms with van der Waals surface area (Å²) in [5.74, 6) is 1.83. The molecule has 0 unspecified atom stereocenters. The summed E-state index contributed by atoms with van der Waals surface area (Å²) in [6.07, 6.45) is 1.39. The SMILES string of the molecule is CC(C)[C@@H]1CCNC1.F. The van der Waals surface area contributed by atoms with Gasteiger partial charge < -0.3 is 5.32 Å². The molecule has 0 aromatic rings. The van der Waals surface area contributed by atoms with Gasteiger partial charge in [0, 0.05) is 0 Å². The van der Waals surface area contributed by atoms with Crippen LogP contribution in [0.4, 0.5) is 4.70 Å². The van der Waals surface area contributed by atoms with Crippen LogP contribution in [0.25, 0.3) is 0 Å². The molecule has 0 saturated carbocycles. The maximum atomic E-state index is 3.35. The van der Waals surface area contributed by atoms with E-state index in [1.807, 2.05) is 0 Å². The van der Waals surface area contributed by atoms with Crippen molar-refractivity contribution in [3.8, 4) is 0 Å². The average molecular weight is 133 g/mol. The lowest BCUT2D eigenvalue weighted by Gasteiger charge is -2.10. The van der Waals surface area contributed by atoms with E-state index in [0.29, 0.717) is 0 Å². The lowest BCUT2D eigenvalue weighted by Crippen LogP contribution is -2.12. The molecule has 1 atom stereocenters. The van der Waals surface area contributed by atoms with Gasteiger partial charge in [0.25, 0.3) is 0 Å². The van der Waals surface area contributed by atoms with Crippen LogP contribution in [-0.2, 0) is 0 Å². The third-order valence-electron chi connectivity index (χ3n) is 2.04. The van der Waals surface area contributed by atoms with Crippen molar-refractivity contribution in [2.45, 2.75) is 20.3 Å². The Morgan fingerprint density at radius 2 is 2.11 bits per heavy atom. The molecule has 1 aliphatic heterocycles. The van der Waals surface area contributed by atoms with E-state index in [0.717, 1.165) is 11.8 Å². The van der Waals surface area contributed by atoms with Gasteiger partial charge in [0.15, 0.2) is 0 Å². The lowest BCUT2D eigenvalue weighted by atomic mass is 9.96. The van der Waals surface area contributed by atoms with Crippen molar-refractivity contribution in [1.29, 1.82) is 0 Å². The van der Waals surface area contributed by atoms with Crippen molar-refractivity contribution in [3.63, 3.8) is 0 Å². The molecular weight excluding hydrogens is 117 g/mol. The summed E-state index contributed by atoms with van der Waals surface area (Å²) in [6, 6.07) is 0. The molecule has 1 N–H and O–H groups in total. The molecule has 0 amide bonds. The maximum Gasteiger partial charge on any atom is -0.00176 e. The third kappa shape index (κ3) is 2.31. The van der Waals surface area contributed by atoms with Gasteiger partial charge in [0.1, 0.15) is 0 Å². The van der Waals surface area contributed by atoms with Gasteiger partial charge >= 0.3 is 0 Å². The fourth-order valence-electron chi connectivity index (χ4n) is 1.25. The van der Waals surface area contributed by atoms with E-state index in [4.69, 9.17) is 0 Å². The second kappa shape index (κ2) is 3.83. The van der Waals surface area contributed by atoms with Gasteiger partial charge in [-0.2, -0.15) is 0 Å². The molecule has 1 rings (SSSR count). The van der Waals surface area contributed by atoms with Crippen LogP contribution >= 0.6 is 0 Å². The zero-order valence-electron chi connectivity index (χ0n) is 6.18. The minimum absolute atomic E-state index is 0. The van der Waals surface area contributed by atoms with Gasteiger partial charge in [-0.15, -0.1) is 0 Å². The smallest absolute Gasteiger partial charge is 0.00176 e. The van der Waals surface area contributed by atoms with E-state index in [1.165, 1.54) is 19.5 Å². The first-order valence-electron chi connectivity index (χ1n) is 3.51. The predicted octanol–water partition coefficient (Wildman–Crippen LogP) is 1.40. The van der Waals surface area contributed by atoms with Crippen LogP contribution in [0.3, 0.4) is 0 Å². The summed E-state index contributed by atoms with van der Waals surface area (Å²) >= 11 is 0. The number of nitrogens with one attached hydrogen (secondary N) is 1. The molecule has 9 heavy (non-hydrogen) atoms. The molecule has 1 fully saturated rings. The fraction of sp³-hybridized carbons (Fsp3) is 1.00. The van der Waals surface area contributed by atoms with E-state index in [2.05, 4.69) is 19.2 Å². The second-order valence-electron chi connectivity index (χ2n) is 3.00. The molecule has 1 aliphatic rings. The van der Waals surface area contributed by atoms with E-state index in [1.54, 1.807) is 0 Å². The Bertz CT molecular complexity index is 67.3. The topological polar surface area (TPSA) is 12.0 Å². The Labute approximate surface area is 56.2 Å². The molecule has 0 aliphatic carbocycles. The first kappa shape index (κ1) is 8.89. The van der Waals surface area contributed by atoms with Crippen molar-refractivity contribution in [1.82, 2.24) is 5.32 Å². The second-order valence-corrected chi connectivity index (χ2v) is 3.00. The molecule has 1 saturated heterocycles. The summed E-state index contributed by atoms with van der Waals surface area (Å²) in [6.45, 7) is 7.09. The quantitative estimate of drug-likeness (QED) is 0.570. The lowest BCUT2D eigenvalue weighted by molar-refractivity contribution is 0.419. The van der Waals surface area contributed by atoms with Gasteiger partial charge in [0.05, 0.1) is 0 Å². The largest absolute Gasteiger partial charge is 0.316 e. The Hall–Kier alpha value is -0.110. The van der Waals surface area contributed by atoms with Crippen molar-refractivity contribution in [2.24, 2.45) is 11.8 Å². The van der Waals surface area contributed by atoms with Crippen molar-refractivity contribution < 1.29 is 4.70 Å². The van der Waals surface area contributed by atoms with Crippen LogP contribution in [0, 0.1) is 11.8 Å². The van der Waals surface area contributed by atoms with Crippen molar-refractivity contribution >= 4 is 0 Å². The monoisotopic (exact) mass is 133 g/mol. The van der Waals surface area contributed by atoms with Gasteiger partial charge in [-0.05, 0) is 31.3 Å². The zero-order chi connectivity index (χ0) is 5.98. The van der Waals surface area contributed by atoms with Crippen molar-refractivity contribution in [3.05, 3.63) is 0 Å². The highest BCUT2D eigenvalue weighted by molar-refractivity contribution is 4.72.